The fourth-order valence-corrected chi connectivity index (χ4v) is 7.02. The molecule has 0 aliphatic carbocycles. The maximum absolute atomic E-state index is 6.47. The second-order valence-electron chi connectivity index (χ2n) is 10.5. The molecule has 0 radical (unpaired) electrons. The van der Waals surface area contributed by atoms with Gasteiger partial charge in [0.2, 0.25) is 0 Å². The van der Waals surface area contributed by atoms with E-state index in [1.807, 2.05) is 18.5 Å². The molecule has 4 atom stereocenters. The molecule has 4 aliphatic heterocycles. The number of hydrogen-bond donors (Lipinski definition) is 2. The van der Waals surface area contributed by atoms with Gasteiger partial charge in [0.1, 0.15) is 17.5 Å². The lowest BCUT2D eigenvalue weighted by molar-refractivity contribution is 0.0974. The van der Waals surface area contributed by atoms with Gasteiger partial charge in [0.05, 0.1) is 36.5 Å². The van der Waals surface area contributed by atoms with Gasteiger partial charge in [-0.1, -0.05) is 11.8 Å². The molecule has 1 unspecified atom stereocenters. The molecule has 0 aromatic carbocycles. The molecule has 3 fully saturated rings. The minimum atomic E-state index is 0.0725. The normalized spacial score (nSPS) is 28.8. The molecular weight excluding hydrogens is 478 g/mol. The smallest absolute Gasteiger partial charge is 0.175 e. The zero-order valence-electron chi connectivity index (χ0n) is 20.9. The molecule has 2 aromatic rings. The highest BCUT2D eigenvalue weighted by Crippen LogP contribution is 2.46. The largest absolute Gasteiger partial charge is 0.486 e. The highest BCUT2D eigenvalue weighted by Gasteiger charge is 2.47. The van der Waals surface area contributed by atoms with Crippen LogP contribution in [0, 0.1) is 11.3 Å². The number of pyridine rings is 1. The Labute approximate surface area is 216 Å². The summed E-state index contributed by atoms with van der Waals surface area (Å²) in [6.45, 7) is 6.90. The van der Waals surface area contributed by atoms with E-state index in [9.17, 15) is 0 Å². The van der Waals surface area contributed by atoms with E-state index in [-0.39, 0.29) is 17.6 Å². The first-order chi connectivity index (χ1) is 17.5. The minimum Gasteiger partial charge on any atom is -0.486 e. The third-order valence-electron chi connectivity index (χ3n) is 8.33. The van der Waals surface area contributed by atoms with E-state index in [1.165, 1.54) is 11.8 Å². The highest BCUT2D eigenvalue weighted by molar-refractivity contribution is 7.99. The summed E-state index contributed by atoms with van der Waals surface area (Å²) >= 11 is 1.48. The van der Waals surface area contributed by atoms with E-state index < -0.39 is 0 Å². The molecule has 1 spiro atoms. The van der Waals surface area contributed by atoms with Crippen molar-refractivity contribution >= 4 is 29.2 Å². The van der Waals surface area contributed by atoms with E-state index in [2.05, 4.69) is 21.7 Å². The minimum absolute atomic E-state index is 0.0725. The van der Waals surface area contributed by atoms with Gasteiger partial charge in [0.15, 0.2) is 17.4 Å². The highest BCUT2D eigenvalue weighted by atomic mass is 32.2. The Balaban J connectivity index is 1.16. The van der Waals surface area contributed by atoms with Gasteiger partial charge < -0.3 is 35.5 Å². The fourth-order valence-electron chi connectivity index (χ4n) is 6.18. The predicted octanol–water partition coefficient (Wildman–Crippen LogP) is 2.17. The van der Waals surface area contributed by atoms with E-state index in [0.29, 0.717) is 29.4 Å². The van der Waals surface area contributed by atoms with E-state index in [1.54, 1.807) is 7.11 Å². The SMILES string of the molecule is COC[C@H]1C[C@H]2COc3c(Sc4ncc(N5CCC6(CC5)CO[C@@H](C)C6N)nc4N)ccnc3N2C1. The van der Waals surface area contributed by atoms with Gasteiger partial charge >= 0.3 is 0 Å². The molecule has 0 bridgehead atoms. The number of rotatable bonds is 5. The summed E-state index contributed by atoms with van der Waals surface area (Å²) in [4.78, 5) is 19.6. The van der Waals surface area contributed by atoms with Crippen LogP contribution in [-0.4, -0.2) is 79.7 Å². The lowest BCUT2D eigenvalue weighted by Gasteiger charge is -2.41. The molecule has 0 saturated carbocycles. The average Bonchev–Trinajstić information content (AvgIpc) is 3.43. The van der Waals surface area contributed by atoms with Gasteiger partial charge in [-0.25, -0.2) is 15.0 Å². The van der Waals surface area contributed by atoms with Crippen molar-refractivity contribution in [1.82, 2.24) is 15.0 Å². The number of nitrogens with two attached hydrogens (primary N) is 2. The van der Waals surface area contributed by atoms with E-state index in [4.69, 9.17) is 35.6 Å². The molecule has 6 rings (SSSR count). The summed E-state index contributed by atoms with van der Waals surface area (Å²) in [7, 11) is 1.76. The number of fused-ring (bicyclic) bond motifs is 3. The molecule has 0 amide bonds. The molecule has 4 N–H and O–H groups in total. The van der Waals surface area contributed by atoms with Crippen molar-refractivity contribution in [3.8, 4) is 5.75 Å². The number of nitrogen functional groups attached to an aromatic ring is 1. The molecule has 36 heavy (non-hydrogen) atoms. The number of methoxy groups -OCH3 is 1. The summed E-state index contributed by atoms with van der Waals surface area (Å²) in [6, 6.07) is 2.39. The first kappa shape index (κ1) is 24.0. The van der Waals surface area contributed by atoms with Crippen LogP contribution in [0.2, 0.25) is 0 Å². The monoisotopic (exact) mass is 513 g/mol. The van der Waals surface area contributed by atoms with Crippen LogP contribution in [-0.2, 0) is 9.47 Å². The zero-order valence-corrected chi connectivity index (χ0v) is 21.7. The number of hydrogen-bond acceptors (Lipinski definition) is 11. The van der Waals surface area contributed by atoms with Crippen molar-refractivity contribution in [2.75, 3.05) is 62.1 Å². The van der Waals surface area contributed by atoms with Crippen molar-refractivity contribution in [3.05, 3.63) is 18.5 Å². The lowest BCUT2D eigenvalue weighted by atomic mass is 9.73. The molecule has 2 aromatic heterocycles. The van der Waals surface area contributed by atoms with Gasteiger partial charge in [-0.2, -0.15) is 0 Å². The Morgan fingerprint density at radius 2 is 2.11 bits per heavy atom. The van der Waals surface area contributed by atoms with Gasteiger partial charge in [0, 0.05) is 50.3 Å². The van der Waals surface area contributed by atoms with Crippen LogP contribution in [0.1, 0.15) is 26.2 Å². The summed E-state index contributed by atoms with van der Waals surface area (Å²) in [5, 5.41) is 0.671. The Hall–Kier alpha value is -2.34. The zero-order chi connectivity index (χ0) is 24.9. The van der Waals surface area contributed by atoms with Crippen molar-refractivity contribution < 1.29 is 14.2 Å². The molecule has 10 nitrogen and oxygen atoms in total. The molecule has 6 heterocycles. The van der Waals surface area contributed by atoms with Crippen molar-refractivity contribution in [2.24, 2.45) is 17.1 Å². The number of ether oxygens (including phenoxy) is 3. The summed E-state index contributed by atoms with van der Waals surface area (Å²) < 4.78 is 17.4. The third-order valence-corrected chi connectivity index (χ3v) is 9.38. The van der Waals surface area contributed by atoms with Crippen molar-refractivity contribution in [2.45, 2.75) is 54.3 Å². The standard InChI is InChI=1S/C25H35N7O3S/c1-15-21(26)25(14-35-15)4-7-31(8-5-25)19-10-29-24(22(27)30-19)36-18-3-6-28-23-20(18)34-13-17-9-16(12-33-2)11-32(17)23/h3,6,10,15-17,21H,4-5,7-9,11-14,26H2,1-2H3,(H2,27,30)/t15-,16-,17-,21?/m0/s1. The lowest BCUT2D eigenvalue weighted by Crippen LogP contribution is -2.50. The Morgan fingerprint density at radius 1 is 1.28 bits per heavy atom. The van der Waals surface area contributed by atoms with Gasteiger partial charge in [-0.15, -0.1) is 0 Å². The number of piperidine rings is 1. The van der Waals surface area contributed by atoms with Gasteiger partial charge in [-0.3, -0.25) is 0 Å². The molecular formula is C25H35N7O3S. The van der Waals surface area contributed by atoms with Crippen LogP contribution in [0.4, 0.5) is 17.5 Å². The fraction of sp³-hybridized carbons (Fsp3) is 0.640. The maximum atomic E-state index is 6.47. The molecule has 194 valence electrons. The Morgan fingerprint density at radius 3 is 2.83 bits per heavy atom. The van der Waals surface area contributed by atoms with Crippen LogP contribution < -0.4 is 26.0 Å². The maximum Gasteiger partial charge on any atom is 0.175 e. The van der Waals surface area contributed by atoms with E-state index in [0.717, 1.165) is 74.4 Å². The topological polar surface area (TPSA) is 125 Å². The second-order valence-corrected chi connectivity index (χ2v) is 11.6. The number of aromatic nitrogens is 3. The molecule has 11 heteroatoms. The van der Waals surface area contributed by atoms with Crippen LogP contribution >= 0.6 is 11.8 Å². The summed E-state index contributed by atoms with van der Waals surface area (Å²) in [5.41, 5.74) is 12.9. The van der Waals surface area contributed by atoms with Crippen LogP contribution in [0.15, 0.2) is 28.4 Å². The first-order valence-corrected chi connectivity index (χ1v) is 13.6. The van der Waals surface area contributed by atoms with Gasteiger partial charge in [-0.05, 0) is 32.3 Å². The second kappa shape index (κ2) is 9.51. The third kappa shape index (κ3) is 4.15. The Bertz CT molecular complexity index is 1110. The van der Waals surface area contributed by atoms with E-state index >= 15 is 0 Å². The van der Waals surface area contributed by atoms with Crippen molar-refractivity contribution in [3.63, 3.8) is 0 Å². The van der Waals surface area contributed by atoms with Crippen LogP contribution in [0.3, 0.4) is 0 Å². The van der Waals surface area contributed by atoms with Crippen LogP contribution in [0.5, 0.6) is 5.75 Å². The summed E-state index contributed by atoms with van der Waals surface area (Å²) in [6.07, 6.45) is 6.80. The van der Waals surface area contributed by atoms with Crippen LogP contribution in [0.25, 0.3) is 0 Å². The number of anilines is 3. The number of nitrogens with zero attached hydrogens (tertiary/aromatic N) is 5. The predicted molar refractivity (Wildman–Crippen MR) is 139 cm³/mol. The average molecular weight is 514 g/mol. The van der Waals surface area contributed by atoms with Crippen molar-refractivity contribution in [1.29, 1.82) is 0 Å². The Kier molecular flexibility index (Phi) is 6.35. The van der Waals surface area contributed by atoms with Gasteiger partial charge in [0.25, 0.3) is 0 Å². The molecule has 3 saturated heterocycles. The quantitative estimate of drug-likeness (QED) is 0.611. The first-order valence-electron chi connectivity index (χ1n) is 12.8. The molecule has 4 aliphatic rings. The summed E-state index contributed by atoms with van der Waals surface area (Å²) in [5.74, 6) is 3.42.